The van der Waals surface area contributed by atoms with Crippen LogP contribution in [0, 0.1) is 6.92 Å². The predicted molar refractivity (Wildman–Crippen MR) is 58.0 cm³/mol. The summed E-state index contributed by atoms with van der Waals surface area (Å²) in [4.78, 5) is 22.0. The Balaban J connectivity index is 2.18. The van der Waals surface area contributed by atoms with Crippen LogP contribution in [0.1, 0.15) is 24.6 Å². The minimum Gasteiger partial charge on any atom is -0.360 e. The monoisotopic (exact) mass is 220 g/mol. The second-order valence-electron chi connectivity index (χ2n) is 3.45. The van der Waals surface area contributed by atoms with E-state index >= 15 is 0 Å². The second kappa shape index (κ2) is 4.13. The molecule has 0 bridgehead atoms. The Labute approximate surface area is 91.4 Å². The van der Waals surface area contributed by atoms with E-state index in [-0.39, 0.29) is 11.6 Å². The Morgan fingerprint density at radius 1 is 1.50 bits per heavy atom. The molecule has 7 heteroatoms. The summed E-state index contributed by atoms with van der Waals surface area (Å²) in [6.45, 7) is 3.63. The van der Waals surface area contributed by atoms with Crippen LogP contribution in [-0.2, 0) is 0 Å². The average molecular weight is 220 g/mol. The number of hydrogen-bond donors (Lipinski definition) is 3. The summed E-state index contributed by atoms with van der Waals surface area (Å²) in [5.74, 6) is 1.78. The zero-order chi connectivity index (χ0) is 11.5. The first-order valence-electron chi connectivity index (χ1n) is 4.85. The van der Waals surface area contributed by atoms with Gasteiger partial charge in [-0.25, -0.2) is 9.97 Å². The summed E-state index contributed by atoms with van der Waals surface area (Å²) in [7, 11) is 0. The summed E-state index contributed by atoms with van der Waals surface area (Å²) < 4.78 is 0. The van der Waals surface area contributed by atoms with Gasteiger partial charge in [0.15, 0.2) is 0 Å². The third kappa shape index (κ3) is 2.25. The second-order valence-corrected chi connectivity index (χ2v) is 3.45. The number of aromatic nitrogens is 5. The quantitative estimate of drug-likeness (QED) is 0.694. The molecule has 2 aromatic heterocycles. The molecule has 0 aliphatic rings. The molecule has 0 fully saturated rings. The molecule has 16 heavy (non-hydrogen) atoms. The summed E-state index contributed by atoms with van der Waals surface area (Å²) in [5.41, 5.74) is -0.181. The van der Waals surface area contributed by atoms with E-state index in [1.807, 2.05) is 6.92 Å². The lowest BCUT2D eigenvalue weighted by atomic mass is 10.3. The van der Waals surface area contributed by atoms with E-state index in [1.54, 1.807) is 6.92 Å². The van der Waals surface area contributed by atoms with Gasteiger partial charge in [0.25, 0.3) is 5.56 Å². The van der Waals surface area contributed by atoms with Crippen LogP contribution in [0.5, 0.6) is 0 Å². The molecule has 0 amide bonds. The minimum atomic E-state index is -0.181. The van der Waals surface area contributed by atoms with Gasteiger partial charge in [0.1, 0.15) is 23.8 Å². The first kappa shape index (κ1) is 10.3. The first-order valence-corrected chi connectivity index (χ1v) is 4.85. The van der Waals surface area contributed by atoms with E-state index in [0.717, 1.165) is 0 Å². The van der Waals surface area contributed by atoms with Gasteiger partial charge in [-0.05, 0) is 13.8 Å². The maximum absolute atomic E-state index is 11.2. The fourth-order valence-corrected chi connectivity index (χ4v) is 1.37. The standard InChI is InChI=1S/C9H12N6O/c1-5(9-10-4-11-15-9)12-7-3-8(16)14-6(2)13-7/h3-5H,1-2H3,(H,10,11,15)(H2,12,13,14,16). The van der Waals surface area contributed by atoms with Gasteiger partial charge in [-0.2, -0.15) is 5.10 Å². The Morgan fingerprint density at radius 2 is 2.31 bits per heavy atom. The Bertz CT molecular complexity index is 517. The summed E-state index contributed by atoms with van der Waals surface area (Å²) in [5, 5.41) is 9.57. The van der Waals surface area contributed by atoms with E-state index in [2.05, 4.69) is 30.5 Å². The Morgan fingerprint density at radius 3 is 2.94 bits per heavy atom. The van der Waals surface area contributed by atoms with Gasteiger partial charge in [-0.1, -0.05) is 0 Å². The Hall–Kier alpha value is -2.18. The fraction of sp³-hybridized carbons (Fsp3) is 0.333. The minimum absolute atomic E-state index is 0.0869. The summed E-state index contributed by atoms with van der Waals surface area (Å²) in [6, 6.07) is 1.32. The van der Waals surface area contributed by atoms with Gasteiger partial charge in [0, 0.05) is 6.07 Å². The van der Waals surface area contributed by atoms with E-state index in [4.69, 9.17) is 0 Å². The van der Waals surface area contributed by atoms with Crippen LogP contribution in [0.2, 0.25) is 0 Å². The lowest BCUT2D eigenvalue weighted by Gasteiger charge is -2.11. The molecule has 3 N–H and O–H groups in total. The highest BCUT2D eigenvalue weighted by Gasteiger charge is 2.09. The van der Waals surface area contributed by atoms with Crippen molar-refractivity contribution in [2.45, 2.75) is 19.9 Å². The van der Waals surface area contributed by atoms with E-state index in [1.165, 1.54) is 12.4 Å². The molecule has 84 valence electrons. The van der Waals surface area contributed by atoms with Crippen molar-refractivity contribution in [1.29, 1.82) is 0 Å². The van der Waals surface area contributed by atoms with Crippen LogP contribution in [0.25, 0.3) is 0 Å². The lowest BCUT2D eigenvalue weighted by molar-refractivity contribution is 0.786. The SMILES string of the molecule is Cc1nc(NC(C)c2ncn[nH]2)cc(=O)[nH]1. The van der Waals surface area contributed by atoms with Crippen LogP contribution in [-0.4, -0.2) is 25.1 Å². The smallest absolute Gasteiger partial charge is 0.252 e. The normalized spacial score (nSPS) is 12.4. The average Bonchev–Trinajstić information content (AvgIpc) is 2.68. The molecular weight excluding hydrogens is 208 g/mol. The third-order valence-electron chi connectivity index (χ3n) is 2.07. The van der Waals surface area contributed by atoms with Crippen molar-refractivity contribution >= 4 is 5.82 Å². The molecule has 2 heterocycles. The molecular formula is C9H12N6O. The molecule has 7 nitrogen and oxygen atoms in total. The van der Waals surface area contributed by atoms with Crippen molar-refractivity contribution < 1.29 is 0 Å². The maximum Gasteiger partial charge on any atom is 0.252 e. The third-order valence-corrected chi connectivity index (χ3v) is 2.07. The zero-order valence-electron chi connectivity index (χ0n) is 8.98. The maximum atomic E-state index is 11.2. The van der Waals surface area contributed by atoms with Crippen molar-refractivity contribution in [3.8, 4) is 0 Å². The number of anilines is 1. The van der Waals surface area contributed by atoms with Crippen LogP contribution in [0.4, 0.5) is 5.82 Å². The number of hydrogen-bond acceptors (Lipinski definition) is 5. The highest BCUT2D eigenvalue weighted by molar-refractivity contribution is 5.34. The number of aryl methyl sites for hydroxylation is 1. The van der Waals surface area contributed by atoms with Crippen molar-refractivity contribution in [1.82, 2.24) is 25.1 Å². The van der Waals surface area contributed by atoms with Gasteiger partial charge >= 0.3 is 0 Å². The van der Waals surface area contributed by atoms with Crippen LogP contribution in [0.3, 0.4) is 0 Å². The highest BCUT2D eigenvalue weighted by atomic mass is 16.1. The molecule has 0 spiro atoms. The van der Waals surface area contributed by atoms with Crippen molar-refractivity contribution in [2.24, 2.45) is 0 Å². The van der Waals surface area contributed by atoms with Gasteiger partial charge < -0.3 is 10.3 Å². The van der Waals surface area contributed by atoms with Gasteiger partial charge in [0.2, 0.25) is 0 Å². The Kier molecular flexibility index (Phi) is 2.67. The number of aromatic amines is 2. The zero-order valence-corrected chi connectivity index (χ0v) is 8.98. The largest absolute Gasteiger partial charge is 0.360 e. The molecule has 2 aromatic rings. The molecule has 0 aliphatic carbocycles. The van der Waals surface area contributed by atoms with Crippen molar-refractivity contribution in [3.63, 3.8) is 0 Å². The molecule has 0 saturated carbocycles. The molecule has 0 aromatic carbocycles. The molecule has 0 radical (unpaired) electrons. The molecule has 0 saturated heterocycles. The van der Waals surface area contributed by atoms with E-state index in [9.17, 15) is 4.79 Å². The highest BCUT2D eigenvalue weighted by Crippen LogP contribution is 2.11. The number of nitrogens with one attached hydrogen (secondary N) is 3. The van der Waals surface area contributed by atoms with Crippen molar-refractivity contribution in [3.05, 3.63) is 34.4 Å². The first-order chi connectivity index (χ1) is 7.65. The number of rotatable bonds is 3. The lowest BCUT2D eigenvalue weighted by Crippen LogP contribution is -2.15. The van der Waals surface area contributed by atoms with Crippen LogP contribution in [0.15, 0.2) is 17.2 Å². The summed E-state index contributed by atoms with van der Waals surface area (Å²) >= 11 is 0. The van der Waals surface area contributed by atoms with Gasteiger partial charge in [-0.3, -0.25) is 9.89 Å². The van der Waals surface area contributed by atoms with E-state index in [0.29, 0.717) is 17.5 Å². The van der Waals surface area contributed by atoms with Crippen LogP contribution < -0.4 is 10.9 Å². The summed E-state index contributed by atoms with van der Waals surface area (Å²) in [6.07, 6.45) is 1.43. The fourth-order valence-electron chi connectivity index (χ4n) is 1.37. The van der Waals surface area contributed by atoms with Gasteiger partial charge in [0.05, 0.1) is 6.04 Å². The molecule has 1 atom stereocenters. The molecule has 2 rings (SSSR count). The van der Waals surface area contributed by atoms with Crippen LogP contribution >= 0.6 is 0 Å². The topological polar surface area (TPSA) is 99.3 Å². The molecule has 1 unspecified atom stereocenters. The number of nitrogens with zero attached hydrogens (tertiary/aromatic N) is 3. The molecule has 0 aliphatic heterocycles. The van der Waals surface area contributed by atoms with Crippen molar-refractivity contribution in [2.75, 3.05) is 5.32 Å². The predicted octanol–water partition coefficient (Wildman–Crippen LogP) is 0.370. The number of H-pyrrole nitrogens is 2. The van der Waals surface area contributed by atoms with E-state index < -0.39 is 0 Å². The van der Waals surface area contributed by atoms with Gasteiger partial charge in [-0.15, -0.1) is 0 Å².